The number of nitrogens with zero attached hydrogens (tertiary/aromatic N) is 1. The molecular weight excluding hydrogens is 291 g/mol. The summed E-state index contributed by atoms with van der Waals surface area (Å²) in [5.41, 5.74) is -0.185. The average molecular weight is 303 g/mol. The zero-order chi connectivity index (χ0) is 15.1. The van der Waals surface area contributed by atoms with Crippen LogP contribution in [0.3, 0.4) is 0 Å². The summed E-state index contributed by atoms with van der Waals surface area (Å²) in [6.45, 7) is 1.63. The van der Waals surface area contributed by atoms with Crippen LogP contribution in [0.4, 0.5) is 13.2 Å². The van der Waals surface area contributed by atoms with Crippen molar-refractivity contribution in [3.05, 3.63) is 34.2 Å². The summed E-state index contributed by atoms with van der Waals surface area (Å²) in [5.74, 6) is -0.375. The summed E-state index contributed by atoms with van der Waals surface area (Å²) in [4.78, 5) is 17.2. The minimum atomic E-state index is -4.39. The molecule has 2 aromatic rings. The number of amides is 1. The molecule has 0 spiro atoms. The van der Waals surface area contributed by atoms with Crippen LogP contribution in [0.5, 0.6) is 0 Å². The van der Waals surface area contributed by atoms with Crippen molar-refractivity contribution in [2.75, 3.05) is 14.2 Å². The van der Waals surface area contributed by atoms with Gasteiger partial charge in [-0.1, -0.05) is 0 Å². The van der Waals surface area contributed by atoms with Gasteiger partial charge in [0.15, 0.2) is 0 Å². The van der Waals surface area contributed by atoms with E-state index in [4.69, 9.17) is 4.84 Å². The van der Waals surface area contributed by atoms with Gasteiger partial charge in [0.1, 0.15) is 0 Å². The lowest BCUT2D eigenvalue weighted by Crippen LogP contribution is -2.25. The standard InChI is InChI=1S/C13H12F3NO2S/c1-7-9-6-8(13(14,15)16)4-5-10(9)20-11(7)12(18)17(2)19-3/h4-6H,1-3H3. The Morgan fingerprint density at radius 1 is 1.35 bits per heavy atom. The highest BCUT2D eigenvalue weighted by Gasteiger charge is 2.31. The highest BCUT2D eigenvalue weighted by molar-refractivity contribution is 7.21. The first-order valence-electron chi connectivity index (χ1n) is 5.68. The summed E-state index contributed by atoms with van der Waals surface area (Å²) < 4.78 is 38.8. The van der Waals surface area contributed by atoms with E-state index in [1.54, 1.807) is 6.92 Å². The van der Waals surface area contributed by atoms with Crippen LogP contribution in [0.25, 0.3) is 10.1 Å². The molecule has 0 unspecified atom stereocenters. The summed E-state index contributed by atoms with van der Waals surface area (Å²) >= 11 is 1.16. The van der Waals surface area contributed by atoms with Crippen molar-refractivity contribution in [2.45, 2.75) is 13.1 Å². The number of carbonyl (C=O) groups excluding carboxylic acids is 1. The van der Waals surface area contributed by atoms with Gasteiger partial charge in [-0.3, -0.25) is 9.63 Å². The van der Waals surface area contributed by atoms with Gasteiger partial charge in [0.25, 0.3) is 5.91 Å². The van der Waals surface area contributed by atoms with Crippen LogP contribution in [0.2, 0.25) is 0 Å². The number of benzene rings is 1. The minimum absolute atomic E-state index is 0.375. The van der Waals surface area contributed by atoms with Gasteiger partial charge < -0.3 is 0 Å². The van der Waals surface area contributed by atoms with Crippen LogP contribution in [0, 0.1) is 6.92 Å². The van der Waals surface area contributed by atoms with Crippen molar-refractivity contribution in [1.29, 1.82) is 0 Å². The maximum atomic E-state index is 12.7. The fourth-order valence-electron chi connectivity index (χ4n) is 1.83. The molecule has 2 rings (SSSR count). The topological polar surface area (TPSA) is 29.5 Å². The molecule has 0 aliphatic carbocycles. The number of aryl methyl sites for hydroxylation is 1. The van der Waals surface area contributed by atoms with E-state index in [9.17, 15) is 18.0 Å². The van der Waals surface area contributed by atoms with Gasteiger partial charge in [0, 0.05) is 11.7 Å². The Morgan fingerprint density at radius 2 is 2.00 bits per heavy atom. The highest BCUT2D eigenvalue weighted by Crippen LogP contribution is 2.36. The zero-order valence-electron chi connectivity index (χ0n) is 11.0. The molecule has 0 fully saturated rings. The van der Waals surface area contributed by atoms with Crippen molar-refractivity contribution in [3.8, 4) is 0 Å². The molecule has 108 valence electrons. The molecule has 1 amide bonds. The lowest BCUT2D eigenvalue weighted by atomic mass is 10.1. The van der Waals surface area contributed by atoms with Crippen LogP contribution in [0.15, 0.2) is 18.2 Å². The Labute approximate surface area is 117 Å². The Bertz CT molecular complexity index is 663. The number of rotatable bonds is 2. The molecular formula is C13H12F3NO2S. The van der Waals surface area contributed by atoms with Gasteiger partial charge in [0.2, 0.25) is 0 Å². The zero-order valence-corrected chi connectivity index (χ0v) is 11.9. The Kier molecular flexibility index (Phi) is 3.75. The van der Waals surface area contributed by atoms with Crippen LogP contribution < -0.4 is 0 Å². The molecule has 0 aliphatic rings. The van der Waals surface area contributed by atoms with E-state index in [2.05, 4.69) is 0 Å². The van der Waals surface area contributed by atoms with Crippen molar-refractivity contribution in [2.24, 2.45) is 0 Å². The summed E-state index contributed by atoms with van der Waals surface area (Å²) in [6, 6.07) is 3.48. The smallest absolute Gasteiger partial charge is 0.274 e. The van der Waals surface area contributed by atoms with Crippen molar-refractivity contribution in [3.63, 3.8) is 0 Å². The maximum Gasteiger partial charge on any atom is 0.416 e. The number of alkyl halides is 3. The predicted molar refractivity (Wildman–Crippen MR) is 70.7 cm³/mol. The first-order chi connectivity index (χ1) is 9.25. The van der Waals surface area contributed by atoms with E-state index in [-0.39, 0.29) is 5.91 Å². The van der Waals surface area contributed by atoms with Crippen LogP contribution in [-0.4, -0.2) is 25.1 Å². The normalized spacial score (nSPS) is 11.9. The van der Waals surface area contributed by atoms with Crippen molar-refractivity contribution in [1.82, 2.24) is 5.06 Å². The first-order valence-corrected chi connectivity index (χ1v) is 6.50. The monoisotopic (exact) mass is 303 g/mol. The molecule has 0 atom stereocenters. The van der Waals surface area contributed by atoms with Gasteiger partial charge in [-0.25, -0.2) is 5.06 Å². The summed E-state index contributed by atoms with van der Waals surface area (Å²) in [5, 5.41) is 1.49. The van der Waals surface area contributed by atoms with Gasteiger partial charge >= 0.3 is 6.18 Å². The van der Waals surface area contributed by atoms with Crippen LogP contribution in [0.1, 0.15) is 20.8 Å². The number of halogens is 3. The number of hydrogen-bond acceptors (Lipinski definition) is 3. The van der Waals surface area contributed by atoms with Gasteiger partial charge in [-0.2, -0.15) is 13.2 Å². The van der Waals surface area contributed by atoms with Gasteiger partial charge in [-0.05, 0) is 36.1 Å². The Hall–Kier alpha value is -1.60. The molecule has 0 N–H and O–H groups in total. The van der Waals surface area contributed by atoms with Gasteiger partial charge in [0.05, 0.1) is 17.6 Å². The summed E-state index contributed by atoms with van der Waals surface area (Å²) in [7, 11) is 2.80. The fraction of sp³-hybridized carbons (Fsp3) is 0.308. The second-order valence-electron chi connectivity index (χ2n) is 4.25. The number of hydrogen-bond donors (Lipinski definition) is 0. The van der Waals surface area contributed by atoms with E-state index in [1.807, 2.05) is 0 Å². The first kappa shape index (κ1) is 14.8. The molecule has 0 aliphatic heterocycles. The molecule has 0 radical (unpaired) electrons. The molecule has 0 saturated carbocycles. The number of fused-ring (bicyclic) bond motifs is 1. The Morgan fingerprint density at radius 3 is 2.55 bits per heavy atom. The van der Waals surface area contributed by atoms with E-state index in [1.165, 1.54) is 20.2 Å². The van der Waals surface area contributed by atoms with Crippen molar-refractivity contribution >= 4 is 27.3 Å². The van der Waals surface area contributed by atoms with E-state index < -0.39 is 11.7 Å². The number of carbonyl (C=O) groups is 1. The number of thiophene rings is 1. The molecule has 1 aromatic heterocycles. The third-order valence-electron chi connectivity index (χ3n) is 3.02. The largest absolute Gasteiger partial charge is 0.416 e. The van der Waals surface area contributed by atoms with Gasteiger partial charge in [-0.15, -0.1) is 11.3 Å². The average Bonchev–Trinajstić information content (AvgIpc) is 2.73. The minimum Gasteiger partial charge on any atom is -0.274 e. The van der Waals surface area contributed by atoms with E-state index in [0.29, 0.717) is 20.5 Å². The third-order valence-corrected chi connectivity index (χ3v) is 4.28. The molecule has 0 bridgehead atoms. The fourth-order valence-corrected chi connectivity index (χ4v) is 2.98. The highest BCUT2D eigenvalue weighted by atomic mass is 32.1. The van der Waals surface area contributed by atoms with E-state index >= 15 is 0 Å². The SMILES string of the molecule is CON(C)C(=O)c1sc2ccc(C(F)(F)F)cc2c1C. The van der Waals surface area contributed by atoms with E-state index in [0.717, 1.165) is 28.5 Å². The van der Waals surface area contributed by atoms with Crippen LogP contribution >= 0.6 is 11.3 Å². The third kappa shape index (κ3) is 2.51. The quantitative estimate of drug-likeness (QED) is 0.788. The second kappa shape index (κ2) is 5.06. The number of hydroxylamine groups is 2. The maximum absolute atomic E-state index is 12.7. The molecule has 1 aromatic carbocycles. The summed E-state index contributed by atoms with van der Waals surface area (Å²) in [6.07, 6.45) is -4.39. The second-order valence-corrected chi connectivity index (χ2v) is 5.30. The molecule has 1 heterocycles. The van der Waals surface area contributed by atoms with Crippen molar-refractivity contribution < 1.29 is 22.8 Å². The van der Waals surface area contributed by atoms with Crippen LogP contribution in [-0.2, 0) is 11.0 Å². The lowest BCUT2D eigenvalue weighted by molar-refractivity contribution is -0.137. The Balaban J connectivity index is 2.56. The lowest BCUT2D eigenvalue weighted by Gasteiger charge is -2.12. The molecule has 0 saturated heterocycles. The molecule has 3 nitrogen and oxygen atoms in total. The molecule has 7 heteroatoms. The predicted octanol–water partition coefficient (Wildman–Crippen LogP) is 3.86. The molecule has 20 heavy (non-hydrogen) atoms.